The zero-order chi connectivity index (χ0) is 15.3. The highest BCUT2D eigenvalue weighted by Gasteiger charge is 2.30. The van der Waals surface area contributed by atoms with E-state index in [1.165, 1.54) is 6.20 Å². The van der Waals surface area contributed by atoms with Gasteiger partial charge in [-0.05, 0) is 24.8 Å². The maximum Gasteiger partial charge on any atom is 0.244 e. The number of hydrogen-bond acceptors (Lipinski definition) is 3. The summed E-state index contributed by atoms with van der Waals surface area (Å²) in [5.74, 6) is 0.290. The summed E-state index contributed by atoms with van der Waals surface area (Å²) in [6, 6.07) is 1.67. The van der Waals surface area contributed by atoms with Crippen LogP contribution in [0, 0.1) is 5.92 Å². The Kier molecular flexibility index (Phi) is 6.23. The number of rotatable bonds is 8. The van der Waals surface area contributed by atoms with Gasteiger partial charge in [0.1, 0.15) is 0 Å². The second-order valence-electron chi connectivity index (χ2n) is 5.50. The monoisotopic (exact) mass is 301 g/mol. The summed E-state index contributed by atoms with van der Waals surface area (Å²) in [7, 11) is -3.46. The molecule has 0 unspecified atom stereocenters. The molecule has 0 bridgehead atoms. The Morgan fingerprint density at radius 3 is 2.30 bits per heavy atom. The van der Waals surface area contributed by atoms with E-state index in [4.69, 9.17) is 5.73 Å². The second kappa shape index (κ2) is 7.24. The van der Waals surface area contributed by atoms with Crippen molar-refractivity contribution in [1.29, 1.82) is 0 Å². The van der Waals surface area contributed by atoms with Gasteiger partial charge in [-0.15, -0.1) is 0 Å². The molecule has 0 aliphatic carbocycles. The predicted octanol–water partition coefficient (Wildman–Crippen LogP) is 2.31. The van der Waals surface area contributed by atoms with Crippen LogP contribution in [0.15, 0.2) is 17.2 Å². The molecule has 0 aromatic carbocycles. The molecule has 3 N–H and O–H groups in total. The van der Waals surface area contributed by atoms with E-state index in [-0.39, 0.29) is 6.04 Å². The average molecular weight is 301 g/mol. The first kappa shape index (κ1) is 17.2. The minimum atomic E-state index is -3.46. The van der Waals surface area contributed by atoms with Gasteiger partial charge in [0.05, 0.1) is 4.90 Å². The molecule has 1 aromatic rings. The van der Waals surface area contributed by atoms with Crippen LogP contribution in [0.3, 0.4) is 0 Å². The van der Waals surface area contributed by atoms with Crippen molar-refractivity contribution in [2.45, 2.75) is 58.0 Å². The van der Waals surface area contributed by atoms with Crippen LogP contribution < -0.4 is 5.73 Å². The highest BCUT2D eigenvalue weighted by molar-refractivity contribution is 7.89. The number of H-pyrrole nitrogens is 1. The largest absolute Gasteiger partial charge is 0.363 e. The molecule has 0 amide bonds. The smallest absolute Gasteiger partial charge is 0.244 e. The number of sulfonamides is 1. The lowest BCUT2D eigenvalue weighted by atomic mass is 10.1. The fraction of sp³-hybridized carbons (Fsp3) is 0.714. The number of nitrogens with zero attached hydrogens (tertiary/aromatic N) is 1. The van der Waals surface area contributed by atoms with Crippen molar-refractivity contribution < 1.29 is 8.42 Å². The number of hydrogen-bond donors (Lipinski definition) is 2. The second-order valence-corrected chi connectivity index (χ2v) is 7.39. The van der Waals surface area contributed by atoms with E-state index in [1.807, 2.05) is 27.7 Å². The van der Waals surface area contributed by atoms with Crippen molar-refractivity contribution in [2.24, 2.45) is 11.7 Å². The van der Waals surface area contributed by atoms with E-state index in [1.54, 1.807) is 10.4 Å². The summed E-state index contributed by atoms with van der Waals surface area (Å²) >= 11 is 0. The quantitative estimate of drug-likeness (QED) is 0.773. The molecule has 0 saturated carbocycles. The summed E-state index contributed by atoms with van der Waals surface area (Å²) in [6.45, 7) is 8.97. The van der Waals surface area contributed by atoms with E-state index in [0.29, 0.717) is 23.9 Å². The number of nitrogens with two attached hydrogens (primary N) is 1. The summed E-state index contributed by atoms with van der Waals surface area (Å²) in [6.07, 6.45) is 3.17. The third kappa shape index (κ3) is 3.84. The maximum atomic E-state index is 12.8. The minimum absolute atomic E-state index is 0.0404. The Hall–Kier alpha value is -0.850. The lowest BCUT2D eigenvalue weighted by Gasteiger charge is -2.30. The molecule has 0 spiro atoms. The first-order valence-corrected chi connectivity index (χ1v) is 8.69. The highest BCUT2D eigenvalue weighted by Crippen LogP contribution is 2.23. The summed E-state index contributed by atoms with van der Waals surface area (Å²) in [5, 5.41) is 0. The Bertz CT molecular complexity index is 504. The topological polar surface area (TPSA) is 79.2 Å². The van der Waals surface area contributed by atoms with Crippen LogP contribution in [0.1, 0.15) is 46.2 Å². The molecule has 0 aliphatic heterocycles. The van der Waals surface area contributed by atoms with Crippen LogP contribution in [0.25, 0.3) is 0 Å². The molecule has 1 aromatic heterocycles. The van der Waals surface area contributed by atoms with Gasteiger partial charge < -0.3 is 10.7 Å². The van der Waals surface area contributed by atoms with Crippen LogP contribution in [0.5, 0.6) is 0 Å². The van der Waals surface area contributed by atoms with Gasteiger partial charge in [-0.25, -0.2) is 8.42 Å². The number of aromatic amines is 1. The van der Waals surface area contributed by atoms with E-state index in [9.17, 15) is 8.42 Å². The molecule has 1 rings (SSSR count). The molecule has 0 aliphatic rings. The van der Waals surface area contributed by atoms with Gasteiger partial charge in [0.25, 0.3) is 0 Å². The van der Waals surface area contributed by atoms with Crippen LogP contribution >= 0.6 is 0 Å². The molecule has 0 radical (unpaired) electrons. The van der Waals surface area contributed by atoms with E-state index in [2.05, 4.69) is 4.98 Å². The molecule has 0 fully saturated rings. The first-order valence-electron chi connectivity index (χ1n) is 7.25. The van der Waals surface area contributed by atoms with Gasteiger partial charge in [0.2, 0.25) is 10.0 Å². The SMILES string of the molecule is CCC(CC)N(CC(C)C)S(=O)(=O)c1c[nH]c(CN)c1. The van der Waals surface area contributed by atoms with Gasteiger partial charge in [0.15, 0.2) is 0 Å². The highest BCUT2D eigenvalue weighted by atomic mass is 32.2. The van der Waals surface area contributed by atoms with Gasteiger partial charge in [-0.2, -0.15) is 4.31 Å². The maximum absolute atomic E-state index is 12.8. The standard InChI is InChI=1S/C14H27N3O2S/c1-5-13(6-2)17(10-11(3)4)20(18,19)14-7-12(8-15)16-9-14/h7,9,11,13,16H,5-6,8,10,15H2,1-4H3. The van der Waals surface area contributed by atoms with Crippen molar-refractivity contribution in [3.8, 4) is 0 Å². The van der Waals surface area contributed by atoms with E-state index in [0.717, 1.165) is 18.5 Å². The van der Waals surface area contributed by atoms with Crippen LogP contribution in [0.2, 0.25) is 0 Å². The van der Waals surface area contributed by atoms with Gasteiger partial charge in [-0.3, -0.25) is 0 Å². The molecule has 20 heavy (non-hydrogen) atoms. The lowest BCUT2D eigenvalue weighted by molar-refractivity contribution is 0.277. The average Bonchev–Trinajstić information content (AvgIpc) is 2.88. The van der Waals surface area contributed by atoms with Gasteiger partial charge in [0, 0.05) is 31.0 Å². The normalized spacial score (nSPS) is 12.8. The molecule has 0 atom stereocenters. The van der Waals surface area contributed by atoms with E-state index >= 15 is 0 Å². The number of nitrogens with one attached hydrogen (secondary N) is 1. The Labute approximate surface area is 122 Å². The molecule has 6 heteroatoms. The van der Waals surface area contributed by atoms with Gasteiger partial charge >= 0.3 is 0 Å². The van der Waals surface area contributed by atoms with Crippen molar-refractivity contribution in [3.63, 3.8) is 0 Å². The Morgan fingerprint density at radius 1 is 1.30 bits per heavy atom. The predicted molar refractivity (Wildman–Crippen MR) is 81.8 cm³/mol. The van der Waals surface area contributed by atoms with Crippen LogP contribution in [-0.4, -0.2) is 30.3 Å². The van der Waals surface area contributed by atoms with Crippen molar-refractivity contribution >= 4 is 10.0 Å². The molecular weight excluding hydrogens is 274 g/mol. The summed E-state index contributed by atoms with van der Waals surface area (Å²) in [4.78, 5) is 3.22. The summed E-state index contributed by atoms with van der Waals surface area (Å²) in [5.41, 5.74) is 6.27. The Balaban J connectivity index is 3.15. The third-order valence-corrected chi connectivity index (χ3v) is 5.33. The molecular formula is C14H27N3O2S. The van der Waals surface area contributed by atoms with Crippen molar-refractivity contribution in [2.75, 3.05) is 6.54 Å². The lowest BCUT2D eigenvalue weighted by Crippen LogP contribution is -2.41. The zero-order valence-corrected chi connectivity index (χ0v) is 13.7. The fourth-order valence-corrected chi connectivity index (χ4v) is 4.28. The zero-order valence-electron chi connectivity index (χ0n) is 12.9. The third-order valence-electron chi connectivity index (χ3n) is 3.44. The minimum Gasteiger partial charge on any atom is -0.363 e. The Morgan fingerprint density at radius 2 is 1.90 bits per heavy atom. The molecule has 0 saturated heterocycles. The first-order chi connectivity index (χ1) is 9.36. The number of aromatic nitrogens is 1. The fourth-order valence-electron chi connectivity index (χ4n) is 2.32. The van der Waals surface area contributed by atoms with Crippen LogP contribution in [0.4, 0.5) is 0 Å². The van der Waals surface area contributed by atoms with Crippen molar-refractivity contribution in [1.82, 2.24) is 9.29 Å². The molecule has 5 nitrogen and oxygen atoms in total. The van der Waals surface area contributed by atoms with Gasteiger partial charge in [-0.1, -0.05) is 27.7 Å². The molecule has 1 heterocycles. The molecule has 116 valence electrons. The van der Waals surface area contributed by atoms with Crippen LogP contribution in [-0.2, 0) is 16.6 Å². The van der Waals surface area contributed by atoms with Crippen molar-refractivity contribution in [3.05, 3.63) is 18.0 Å². The van der Waals surface area contributed by atoms with E-state index < -0.39 is 10.0 Å². The summed E-state index contributed by atoms with van der Waals surface area (Å²) < 4.78 is 27.3.